The van der Waals surface area contributed by atoms with Gasteiger partial charge in [0, 0.05) is 32.8 Å². The zero-order valence-electron chi connectivity index (χ0n) is 24.0. The zero-order chi connectivity index (χ0) is 30.8. The predicted molar refractivity (Wildman–Crippen MR) is 154 cm³/mol. The monoisotopic (exact) mass is 621 g/mol. The zero-order valence-corrected chi connectivity index (χ0v) is 25.6. The molecule has 1 aliphatic heterocycles. The summed E-state index contributed by atoms with van der Waals surface area (Å²) in [6, 6.07) is 9.87. The molecule has 2 aromatic carbocycles. The summed E-state index contributed by atoms with van der Waals surface area (Å²) in [4.78, 5) is 19.1. The highest BCUT2D eigenvalue weighted by molar-refractivity contribution is 7.92. The molecule has 0 radical (unpaired) electrons. The van der Waals surface area contributed by atoms with Crippen molar-refractivity contribution in [3.63, 3.8) is 0 Å². The van der Waals surface area contributed by atoms with Crippen molar-refractivity contribution >= 4 is 31.6 Å². The van der Waals surface area contributed by atoms with Crippen LogP contribution in [0, 0.1) is 5.92 Å². The number of aromatic nitrogens is 2. The van der Waals surface area contributed by atoms with Gasteiger partial charge in [-0.2, -0.15) is 12.7 Å². The van der Waals surface area contributed by atoms with Crippen LogP contribution in [0.4, 0.5) is 5.69 Å². The van der Waals surface area contributed by atoms with E-state index in [-0.39, 0.29) is 46.6 Å². The van der Waals surface area contributed by atoms with Gasteiger partial charge in [0.1, 0.15) is 11.9 Å². The lowest BCUT2D eigenvalue weighted by molar-refractivity contribution is 0.0389. The Balaban J connectivity index is 1.74. The molecule has 0 fully saturated rings. The van der Waals surface area contributed by atoms with Gasteiger partial charge in [0.25, 0.3) is 15.9 Å². The highest BCUT2D eigenvalue weighted by Crippen LogP contribution is 2.36. The largest absolute Gasteiger partial charge is 0.497 e. The molecule has 228 valence electrons. The molecule has 1 aromatic heterocycles. The van der Waals surface area contributed by atoms with Crippen LogP contribution in [-0.2, 0) is 27.1 Å². The lowest BCUT2D eigenvalue weighted by Gasteiger charge is -2.38. The first kappa shape index (κ1) is 31.3. The fourth-order valence-electron chi connectivity index (χ4n) is 4.55. The molecule has 42 heavy (non-hydrogen) atoms. The molecular formula is C27H35N5O8S2. The number of amides is 1. The number of para-hydroxylation sites is 1. The summed E-state index contributed by atoms with van der Waals surface area (Å²) in [5, 5.41) is 9.66. The number of sulfonamides is 2. The van der Waals surface area contributed by atoms with Crippen molar-refractivity contribution in [1.82, 2.24) is 18.8 Å². The Labute approximate surface area is 245 Å². The number of aryl methyl sites for hydroxylation is 1. The summed E-state index contributed by atoms with van der Waals surface area (Å²) in [6.07, 6.45) is 1.86. The minimum Gasteiger partial charge on any atom is -0.497 e. The van der Waals surface area contributed by atoms with Crippen LogP contribution in [0.2, 0.25) is 0 Å². The van der Waals surface area contributed by atoms with E-state index in [0.29, 0.717) is 5.75 Å². The standard InChI is InChI=1S/C27H35N5O8S2/c1-18-13-32(19(2)16-33)27(34)22-7-6-8-23(29-41(35,36)25-15-30(3)17-28-25)26(22)40-24(18)14-31(4)42(37,38)21-11-9-20(39-5)10-12-21/h6-12,15,17-19,24,29,33H,13-14,16H2,1-5H3/t18-,19-,24-/m0/s1. The Morgan fingerprint density at radius 2 is 1.88 bits per heavy atom. The Morgan fingerprint density at radius 1 is 1.19 bits per heavy atom. The Kier molecular flexibility index (Phi) is 9.15. The topological polar surface area (TPSA) is 160 Å². The number of fused-ring (bicyclic) bond motifs is 1. The van der Waals surface area contributed by atoms with Crippen LogP contribution in [0.3, 0.4) is 0 Å². The minimum atomic E-state index is -4.16. The first-order chi connectivity index (χ1) is 19.8. The second-order valence-corrected chi connectivity index (χ2v) is 13.9. The molecular weight excluding hydrogens is 586 g/mol. The van der Waals surface area contributed by atoms with Gasteiger partial charge in [-0.15, -0.1) is 0 Å². The maximum Gasteiger partial charge on any atom is 0.281 e. The second-order valence-electron chi connectivity index (χ2n) is 10.2. The number of likely N-dealkylation sites (N-methyl/N-ethyl adjacent to an activating group) is 1. The fraction of sp³-hybridized carbons (Fsp3) is 0.407. The summed E-state index contributed by atoms with van der Waals surface area (Å²) >= 11 is 0. The molecule has 2 N–H and O–H groups in total. The number of nitrogens with one attached hydrogen (secondary N) is 1. The van der Waals surface area contributed by atoms with Gasteiger partial charge in [0.05, 0.1) is 48.8 Å². The molecule has 0 saturated heterocycles. The van der Waals surface area contributed by atoms with Crippen molar-refractivity contribution in [2.75, 3.05) is 38.6 Å². The van der Waals surface area contributed by atoms with E-state index < -0.39 is 44.0 Å². The van der Waals surface area contributed by atoms with E-state index in [2.05, 4.69) is 9.71 Å². The number of imidazole rings is 1. The van der Waals surface area contributed by atoms with E-state index in [0.717, 1.165) is 4.31 Å². The average Bonchev–Trinajstić information content (AvgIpc) is 3.41. The molecule has 1 amide bonds. The molecule has 15 heteroatoms. The number of rotatable bonds is 10. The number of nitrogens with zero attached hydrogens (tertiary/aromatic N) is 4. The van der Waals surface area contributed by atoms with Crippen molar-refractivity contribution in [2.45, 2.75) is 35.9 Å². The smallest absolute Gasteiger partial charge is 0.281 e. The number of aliphatic hydroxyl groups is 1. The van der Waals surface area contributed by atoms with Gasteiger partial charge in [-0.1, -0.05) is 13.0 Å². The van der Waals surface area contributed by atoms with E-state index in [4.69, 9.17) is 9.47 Å². The third-order valence-electron chi connectivity index (χ3n) is 7.10. The maximum atomic E-state index is 13.7. The molecule has 0 unspecified atom stereocenters. The Hall–Kier alpha value is -3.66. The third kappa shape index (κ3) is 6.38. The summed E-state index contributed by atoms with van der Waals surface area (Å²) in [5.74, 6) is -0.433. The molecule has 0 aliphatic carbocycles. The van der Waals surface area contributed by atoms with Gasteiger partial charge in [0.2, 0.25) is 10.0 Å². The summed E-state index contributed by atoms with van der Waals surface area (Å²) in [5.41, 5.74) is 0.0527. The van der Waals surface area contributed by atoms with Crippen LogP contribution in [0.5, 0.6) is 11.5 Å². The summed E-state index contributed by atoms with van der Waals surface area (Å²) in [6.45, 7) is 3.22. The molecule has 3 atom stereocenters. The number of hydrogen-bond acceptors (Lipinski definition) is 9. The molecule has 2 heterocycles. The van der Waals surface area contributed by atoms with Gasteiger partial charge in [-0.05, 0) is 43.3 Å². The number of carbonyl (C=O) groups excluding carboxylic acids is 1. The highest BCUT2D eigenvalue weighted by atomic mass is 32.2. The van der Waals surface area contributed by atoms with Gasteiger partial charge in [0.15, 0.2) is 10.8 Å². The van der Waals surface area contributed by atoms with Crippen molar-refractivity contribution < 1.29 is 36.2 Å². The lowest BCUT2D eigenvalue weighted by Crippen LogP contribution is -2.50. The van der Waals surface area contributed by atoms with Crippen LogP contribution < -0.4 is 14.2 Å². The molecule has 3 aromatic rings. The van der Waals surface area contributed by atoms with Crippen LogP contribution >= 0.6 is 0 Å². The van der Waals surface area contributed by atoms with Gasteiger partial charge in [-0.25, -0.2) is 13.4 Å². The quantitative estimate of drug-likeness (QED) is 0.344. The van der Waals surface area contributed by atoms with Crippen molar-refractivity contribution in [3.05, 3.63) is 60.6 Å². The lowest BCUT2D eigenvalue weighted by atomic mass is 9.99. The number of carbonyl (C=O) groups is 1. The van der Waals surface area contributed by atoms with Crippen LogP contribution in [-0.4, -0.2) is 92.6 Å². The first-order valence-corrected chi connectivity index (χ1v) is 16.0. The molecule has 0 bridgehead atoms. The number of methoxy groups -OCH3 is 1. The van der Waals surface area contributed by atoms with Crippen LogP contribution in [0.1, 0.15) is 24.2 Å². The van der Waals surface area contributed by atoms with Crippen molar-refractivity contribution in [3.8, 4) is 11.5 Å². The van der Waals surface area contributed by atoms with Gasteiger partial charge in [-0.3, -0.25) is 9.52 Å². The average molecular weight is 622 g/mol. The number of aliphatic hydroxyl groups excluding tert-OH is 1. The molecule has 1 aliphatic rings. The molecule has 0 spiro atoms. The summed E-state index contributed by atoms with van der Waals surface area (Å²) < 4.78 is 69.7. The third-order valence-corrected chi connectivity index (χ3v) is 10.2. The Morgan fingerprint density at radius 3 is 2.48 bits per heavy atom. The van der Waals surface area contributed by atoms with E-state index in [1.54, 1.807) is 33.0 Å². The predicted octanol–water partition coefficient (Wildman–Crippen LogP) is 1.77. The molecule has 13 nitrogen and oxygen atoms in total. The molecule has 0 saturated carbocycles. The first-order valence-electron chi connectivity index (χ1n) is 13.1. The summed E-state index contributed by atoms with van der Waals surface area (Å²) in [7, 11) is -3.57. The van der Waals surface area contributed by atoms with Gasteiger partial charge < -0.3 is 24.0 Å². The highest BCUT2D eigenvalue weighted by Gasteiger charge is 2.36. The molecule has 4 rings (SSSR count). The van der Waals surface area contributed by atoms with Crippen LogP contribution in [0.25, 0.3) is 0 Å². The second kappa shape index (κ2) is 12.3. The number of anilines is 1. The van der Waals surface area contributed by atoms with E-state index in [9.17, 15) is 26.7 Å². The van der Waals surface area contributed by atoms with Crippen molar-refractivity contribution in [1.29, 1.82) is 0 Å². The number of ether oxygens (including phenoxy) is 2. The maximum absolute atomic E-state index is 13.7. The Bertz CT molecular complexity index is 1640. The number of benzene rings is 2. The minimum absolute atomic E-state index is 0.0112. The normalized spacial score (nSPS) is 18.5. The van der Waals surface area contributed by atoms with E-state index in [1.165, 1.54) is 66.5 Å². The fourth-order valence-corrected chi connectivity index (χ4v) is 6.77. The number of hydrogen-bond donors (Lipinski definition) is 2. The van der Waals surface area contributed by atoms with E-state index in [1.807, 2.05) is 0 Å². The van der Waals surface area contributed by atoms with Crippen LogP contribution in [0.15, 0.2) is 64.9 Å². The van der Waals surface area contributed by atoms with Gasteiger partial charge >= 0.3 is 0 Å². The SMILES string of the molecule is COc1ccc(S(=O)(=O)N(C)C[C@@H]2Oc3c(NS(=O)(=O)c4cn(C)cn4)cccc3C(=O)N([C@@H](C)CO)C[C@@H]2C)cc1. The van der Waals surface area contributed by atoms with E-state index >= 15 is 0 Å². The van der Waals surface area contributed by atoms with Crippen molar-refractivity contribution in [2.24, 2.45) is 13.0 Å².